The van der Waals surface area contributed by atoms with Crippen LogP contribution in [0.25, 0.3) is 0 Å². The van der Waals surface area contributed by atoms with Gasteiger partial charge >= 0.3 is 0 Å². The number of para-hydroxylation sites is 1. The Labute approximate surface area is 128 Å². The predicted octanol–water partition coefficient (Wildman–Crippen LogP) is 4.53. The Kier molecular flexibility index (Phi) is 4.67. The molecule has 21 heavy (non-hydrogen) atoms. The van der Waals surface area contributed by atoms with E-state index in [1.807, 2.05) is 0 Å². The van der Waals surface area contributed by atoms with Gasteiger partial charge in [0.05, 0.1) is 5.69 Å². The molecule has 2 aromatic rings. The molecule has 0 saturated heterocycles. The zero-order chi connectivity index (χ0) is 15.6. The topological polar surface area (TPSA) is 20.3 Å². The van der Waals surface area contributed by atoms with Gasteiger partial charge in [-0.15, -0.1) is 0 Å². The lowest BCUT2D eigenvalue weighted by Gasteiger charge is -2.22. The van der Waals surface area contributed by atoms with E-state index in [-0.39, 0.29) is 16.7 Å². The molecule has 0 aliphatic carbocycles. The van der Waals surface area contributed by atoms with Crippen molar-refractivity contribution in [3.05, 3.63) is 63.9 Å². The normalized spacial score (nSPS) is 10.5. The standard InChI is InChI=1S/C15H11BrF3NO/c1-2-20(13-6-4-3-5-10(13)17)15(21)14-11(18)7-9(16)8-12(14)19/h3-8H,2H2,1H3. The Morgan fingerprint density at radius 3 is 2.19 bits per heavy atom. The average Bonchev–Trinajstić information content (AvgIpc) is 2.40. The van der Waals surface area contributed by atoms with Gasteiger partial charge in [-0.1, -0.05) is 28.1 Å². The maximum Gasteiger partial charge on any atom is 0.264 e. The van der Waals surface area contributed by atoms with E-state index in [1.54, 1.807) is 13.0 Å². The number of halogens is 4. The number of carbonyl (C=O) groups is 1. The Balaban J connectivity index is 2.50. The van der Waals surface area contributed by atoms with Crippen LogP contribution < -0.4 is 4.90 Å². The molecule has 0 aromatic heterocycles. The first-order valence-electron chi connectivity index (χ1n) is 6.16. The van der Waals surface area contributed by atoms with Crippen molar-refractivity contribution in [1.29, 1.82) is 0 Å². The Bertz CT molecular complexity index is 667. The molecule has 0 radical (unpaired) electrons. The summed E-state index contributed by atoms with van der Waals surface area (Å²) in [7, 11) is 0. The van der Waals surface area contributed by atoms with Crippen LogP contribution in [-0.2, 0) is 0 Å². The smallest absolute Gasteiger partial charge is 0.264 e. The summed E-state index contributed by atoms with van der Waals surface area (Å²) < 4.78 is 41.7. The van der Waals surface area contributed by atoms with E-state index in [9.17, 15) is 18.0 Å². The van der Waals surface area contributed by atoms with E-state index in [1.165, 1.54) is 18.2 Å². The molecule has 0 atom stereocenters. The first-order valence-corrected chi connectivity index (χ1v) is 6.96. The summed E-state index contributed by atoms with van der Waals surface area (Å²) in [5.41, 5.74) is -0.727. The molecule has 2 aromatic carbocycles. The van der Waals surface area contributed by atoms with E-state index in [2.05, 4.69) is 15.9 Å². The van der Waals surface area contributed by atoms with Gasteiger partial charge in [-0.05, 0) is 31.2 Å². The Morgan fingerprint density at radius 1 is 1.10 bits per heavy atom. The van der Waals surface area contributed by atoms with Gasteiger partial charge < -0.3 is 4.90 Å². The maximum atomic E-state index is 13.9. The minimum Gasteiger partial charge on any atom is -0.306 e. The SMILES string of the molecule is CCN(C(=O)c1c(F)cc(Br)cc1F)c1ccccc1F. The van der Waals surface area contributed by atoms with Gasteiger partial charge in [0.15, 0.2) is 0 Å². The minimum atomic E-state index is -0.998. The molecule has 2 rings (SSSR count). The maximum absolute atomic E-state index is 13.9. The molecule has 0 unspecified atom stereocenters. The predicted molar refractivity (Wildman–Crippen MR) is 77.8 cm³/mol. The second-order valence-electron chi connectivity index (χ2n) is 4.25. The van der Waals surface area contributed by atoms with Gasteiger partial charge in [-0.3, -0.25) is 4.79 Å². The van der Waals surface area contributed by atoms with E-state index < -0.39 is 28.9 Å². The molecule has 0 fully saturated rings. The highest BCUT2D eigenvalue weighted by Crippen LogP contribution is 2.25. The molecular weight excluding hydrogens is 347 g/mol. The van der Waals surface area contributed by atoms with Crippen LogP contribution in [0.15, 0.2) is 40.9 Å². The molecule has 1 amide bonds. The van der Waals surface area contributed by atoms with E-state index in [0.29, 0.717) is 0 Å². The molecule has 0 spiro atoms. The number of anilines is 1. The van der Waals surface area contributed by atoms with Crippen molar-refractivity contribution >= 4 is 27.5 Å². The molecule has 110 valence electrons. The fourth-order valence-electron chi connectivity index (χ4n) is 1.98. The van der Waals surface area contributed by atoms with Gasteiger partial charge in [0, 0.05) is 11.0 Å². The second-order valence-corrected chi connectivity index (χ2v) is 5.16. The highest BCUT2D eigenvalue weighted by molar-refractivity contribution is 9.10. The fraction of sp³-hybridized carbons (Fsp3) is 0.133. The molecule has 0 N–H and O–H groups in total. The number of nitrogens with zero attached hydrogens (tertiary/aromatic N) is 1. The lowest BCUT2D eigenvalue weighted by Crippen LogP contribution is -2.32. The van der Waals surface area contributed by atoms with Crippen LogP contribution in [0.4, 0.5) is 18.9 Å². The van der Waals surface area contributed by atoms with E-state index in [0.717, 1.165) is 17.0 Å². The number of amides is 1. The van der Waals surface area contributed by atoms with Crippen LogP contribution in [0.2, 0.25) is 0 Å². The van der Waals surface area contributed by atoms with Gasteiger partial charge in [0.25, 0.3) is 5.91 Å². The quantitative estimate of drug-likeness (QED) is 0.789. The minimum absolute atomic E-state index is 0.0216. The first-order chi connectivity index (χ1) is 9.95. The van der Waals surface area contributed by atoms with Crippen LogP contribution in [0.5, 0.6) is 0 Å². The van der Waals surface area contributed by atoms with Gasteiger partial charge in [-0.2, -0.15) is 0 Å². The molecule has 0 aliphatic heterocycles. The molecule has 0 saturated carbocycles. The second kappa shape index (κ2) is 6.30. The molecular formula is C15H11BrF3NO. The van der Waals surface area contributed by atoms with Crippen LogP contribution in [0, 0.1) is 17.5 Å². The summed E-state index contributed by atoms with van der Waals surface area (Å²) in [5, 5.41) is 0. The van der Waals surface area contributed by atoms with Gasteiger partial charge in [0.2, 0.25) is 0 Å². The molecule has 6 heteroatoms. The zero-order valence-electron chi connectivity index (χ0n) is 11.0. The van der Waals surface area contributed by atoms with Crippen molar-refractivity contribution in [1.82, 2.24) is 0 Å². The number of hydrogen-bond donors (Lipinski definition) is 0. The largest absolute Gasteiger partial charge is 0.306 e. The van der Waals surface area contributed by atoms with Crippen LogP contribution in [0.3, 0.4) is 0 Å². The molecule has 0 heterocycles. The van der Waals surface area contributed by atoms with Gasteiger partial charge in [-0.25, -0.2) is 13.2 Å². The number of rotatable bonds is 3. The Hall–Kier alpha value is -1.82. The summed E-state index contributed by atoms with van der Waals surface area (Å²) in [6.07, 6.45) is 0. The first kappa shape index (κ1) is 15.6. The summed E-state index contributed by atoms with van der Waals surface area (Å²) in [6.45, 7) is 1.67. The van der Waals surface area contributed by atoms with Crippen molar-refractivity contribution in [2.75, 3.05) is 11.4 Å². The molecule has 0 aliphatic rings. The Morgan fingerprint density at radius 2 is 1.67 bits per heavy atom. The molecule has 0 bridgehead atoms. The van der Waals surface area contributed by atoms with Crippen molar-refractivity contribution in [2.24, 2.45) is 0 Å². The lowest BCUT2D eigenvalue weighted by molar-refractivity contribution is 0.0979. The number of hydrogen-bond acceptors (Lipinski definition) is 1. The zero-order valence-corrected chi connectivity index (χ0v) is 12.6. The third-order valence-electron chi connectivity index (χ3n) is 2.93. The molecule has 2 nitrogen and oxygen atoms in total. The summed E-state index contributed by atoms with van der Waals surface area (Å²) in [6, 6.07) is 7.56. The van der Waals surface area contributed by atoms with Crippen molar-refractivity contribution < 1.29 is 18.0 Å². The van der Waals surface area contributed by atoms with Crippen molar-refractivity contribution in [3.8, 4) is 0 Å². The summed E-state index contributed by atoms with van der Waals surface area (Å²) in [4.78, 5) is 13.3. The van der Waals surface area contributed by atoms with E-state index in [4.69, 9.17) is 0 Å². The monoisotopic (exact) mass is 357 g/mol. The number of carbonyl (C=O) groups excluding carboxylic acids is 1. The lowest BCUT2D eigenvalue weighted by atomic mass is 10.1. The fourth-order valence-corrected chi connectivity index (χ4v) is 2.38. The van der Waals surface area contributed by atoms with Gasteiger partial charge in [0.1, 0.15) is 23.0 Å². The summed E-state index contributed by atoms with van der Waals surface area (Å²) >= 11 is 2.94. The van der Waals surface area contributed by atoms with Crippen LogP contribution in [-0.4, -0.2) is 12.5 Å². The van der Waals surface area contributed by atoms with Crippen LogP contribution in [0.1, 0.15) is 17.3 Å². The third kappa shape index (κ3) is 3.10. The van der Waals surface area contributed by atoms with Crippen molar-refractivity contribution in [2.45, 2.75) is 6.92 Å². The van der Waals surface area contributed by atoms with Crippen molar-refractivity contribution in [3.63, 3.8) is 0 Å². The summed E-state index contributed by atoms with van der Waals surface area (Å²) in [5.74, 6) is -3.56. The highest BCUT2D eigenvalue weighted by atomic mass is 79.9. The third-order valence-corrected chi connectivity index (χ3v) is 3.38. The highest BCUT2D eigenvalue weighted by Gasteiger charge is 2.25. The number of benzene rings is 2. The van der Waals surface area contributed by atoms with E-state index >= 15 is 0 Å². The van der Waals surface area contributed by atoms with Crippen LogP contribution >= 0.6 is 15.9 Å². The average molecular weight is 358 g/mol.